The third kappa shape index (κ3) is 40.9. The van der Waals surface area contributed by atoms with Gasteiger partial charge in [0.2, 0.25) is 5.91 Å². The minimum atomic E-state index is -1.57. The molecule has 0 aromatic rings. The first-order valence-corrected chi connectivity index (χ1v) is 30.2. The number of hydrogen-bond acceptors (Lipinski definition) is 8. The number of allylic oxidation sites excluding steroid dienone is 11. The fraction of sp³-hybridized carbons (Fsp3) is 0.794. The smallest absolute Gasteiger partial charge is 0.220 e. The maximum absolute atomic E-state index is 13.1. The molecular weight excluding hydrogens is 899 g/mol. The molecule has 72 heavy (non-hydrogen) atoms. The van der Waals surface area contributed by atoms with E-state index in [1.165, 1.54) is 173 Å². The minimum Gasteiger partial charge on any atom is -0.394 e. The van der Waals surface area contributed by atoms with Gasteiger partial charge in [-0.2, -0.15) is 0 Å². The zero-order valence-electron chi connectivity index (χ0n) is 46.4. The Bertz CT molecular complexity index is 1360. The maximum atomic E-state index is 13.1. The van der Waals surface area contributed by atoms with Crippen LogP contribution in [-0.4, -0.2) is 87.5 Å². The molecule has 1 saturated heterocycles. The Balaban J connectivity index is 2.14. The largest absolute Gasteiger partial charge is 0.394 e. The Morgan fingerprint density at radius 3 is 1.28 bits per heavy atom. The highest BCUT2D eigenvalue weighted by molar-refractivity contribution is 5.76. The van der Waals surface area contributed by atoms with Crippen molar-refractivity contribution in [3.63, 3.8) is 0 Å². The fourth-order valence-electron chi connectivity index (χ4n) is 9.30. The Labute approximate surface area is 442 Å². The molecule has 1 rings (SSSR count). The Morgan fingerprint density at radius 1 is 0.486 bits per heavy atom. The molecule has 0 bridgehead atoms. The predicted octanol–water partition coefficient (Wildman–Crippen LogP) is 15.2. The van der Waals surface area contributed by atoms with Gasteiger partial charge in [-0.15, -0.1) is 0 Å². The van der Waals surface area contributed by atoms with Gasteiger partial charge in [0.25, 0.3) is 0 Å². The van der Waals surface area contributed by atoms with Crippen LogP contribution in [0.1, 0.15) is 264 Å². The summed E-state index contributed by atoms with van der Waals surface area (Å²) < 4.78 is 11.3. The van der Waals surface area contributed by atoms with Gasteiger partial charge >= 0.3 is 0 Å². The number of carbonyl (C=O) groups is 1. The van der Waals surface area contributed by atoms with Gasteiger partial charge in [-0.05, 0) is 64.2 Å². The first-order valence-electron chi connectivity index (χ1n) is 30.2. The van der Waals surface area contributed by atoms with Gasteiger partial charge in [0.15, 0.2) is 6.29 Å². The van der Waals surface area contributed by atoms with Crippen LogP contribution in [0.15, 0.2) is 72.9 Å². The maximum Gasteiger partial charge on any atom is 0.220 e. The lowest BCUT2D eigenvalue weighted by atomic mass is 9.99. The molecular formula is C63H113NO8. The Hall–Kier alpha value is -2.37. The molecule has 7 unspecified atom stereocenters. The summed E-state index contributed by atoms with van der Waals surface area (Å²) in [6, 6.07) is -0.806. The van der Waals surface area contributed by atoms with Gasteiger partial charge in [0, 0.05) is 6.42 Å². The summed E-state index contributed by atoms with van der Waals surface area (Å²) in [5, 5.41) is 54.5. The SMILES string of the molecule is CC/C=C\C/C=C\C/C=C\C/C=C\C/C=C\CCCCCCCCCCCCCCCCCCCC(=O)NC(COC1OC(CO)C(O)C(O)C1O)C(O)/C=C/CCCCCCCCCCCCCCCC. The van der Waals surface area contributed by atoms with Crippen LogP contribution in [0.5, 0.6) is 0 Å². The van der Waals surface area contributed by atoms with Crippen LogP contribution < -0.4 is 5.32 Å². The van der Waals surface area contributed by atoms with E-state index in [0.29, 0.717) is 6.42 Å². The van der Waals surface area contributed by atoms with Crippen LogP contribution in [0.25, 0.3) is 0 Å². The quantitative estimate of drug-likeness (QED) is 0.0261. The lowest BCUT2D eigenvalue weighted by Gasteiger charge is -2.40. The highest BCUT2D eigenvalue weighted by Crippen LogP contribution is 2.23. The van der Waals surface area contributed by atoms with E-state index in [4.69, 9.17) is 9.47 Å². The van der Waals surface area contributed by atoms with Gasteiger partial charge in [0.05, 0.1) is 25.4 Å². The molecule has 0 spiro atoms. The van der Waals surface area contributed by atoms with E-state index in [1.807, 2.05) is 6.08 Å². The summed E-state index contributed by atoms with van der Waals surface area (Å²) in [5.41, 5.74) is 0. The standard InChI is InChI=1S/C63H113NO8/c1-3-5-7-9-11-13-15-17-19-21-22-23-24-25-26-27-28-29-30-31-32-33-34-35-36-37-39-41-43-45-47-49-51-53-59(67)64-56(55-71-63-62(70)61(69)60(68)58(54-65)72-63)57(66)52-50-48-46-44-42-40-38-20-18-16-14-12-10-8-6-4-2/h5,7,11,13,17,19,22-23,25-26,50,52,56-58,60-63,65-66,68-70H,3-4,6,8-10,12,14-16,18,20-21,24,27-49,51,53-55H2,1-2H3,(H,64,67)/b7-5-,13-11-,19-17-,23-22-,26-25-,52-50+. The van der Waals surface area contributed by atoms with Gasteiger partial charge in [-0.25, -0.2) is 0 Å². The number of nitrogens with one attached hydrogen (secondary N) is 1. The third-order valence-electron chi connectivity index (χ3n) is 14.0. The fourth-order valence-corrected chi connectivity index (χ4v) is 9.30. The summed E-state index contributed by atoms with van der Waals surface area (Å²) in [7, 11) is 0. The molecule has 0 aromatic carbocycles. The van der Waals surface area contributed by atoms with E-state index in [-0.39, 0.29) is 12.5 Å². The number of unbranched alkanes of at least 4 members (excludes halogenated alkanes) is 31. The van der Waals surface area contributed by atoms with Gasteiger partial charge in [-0.1, -0.05) is 267 Å². The van der Waals surface area contributed by atoms with Gasteiger partial charge < -0.3 is 40.3 Å². The molecule has 9 nitrogen and oxygen atoms in total. The summed E-state index contributed by atoms with van der Waals surface area (Å²) >= 11 is 0. The highest BCUT2D eigenvalue weighted by Gasteiger charge is 2.44. The first-order chi connectivity index (χ1) is 35.3. The van der Waals surface area contributed by atoms with Crippen LogP contribution in [0.4, 0.5) is 0 Å². The van der Waals surface area contributed by atoms with Crippen molar-refractivity contribution in [2.24, 2.45) is 0 Å². The second-order valence-electron chi connectivity index (χ2n) is 20.8. The highest BCUT2D eigenvalue weighted by atomic mass is 16.7. The molecule has 1 aliphatic heterocycles. The van der Waals surface area contributed by atoms with E-state index in [1.54, 1.807) is 6.08 Å². The topological polar surface area (TPSA) is 149 Å². The molecule has 9 heteroatoms. The average molecular weight is 1010 g/mol. The van der Waals surface area contributed by atoms with Crippen molar-refractivity contribution in [1.29, 1.82) is 0 Å². The van der Waals surface area contributed by atoms with Gasteiger partial charge in [0.1, 0.15) is 24.4 Å². The molecule has 1 heterocycles. The molecule has 6 N–H and O–H groups in total. The number of rotatable bonds is 51. The predicted molar refractivity (Wildman–Crippen MR) is 304 cm³/mol. The molecule has 418 valence electrons. The lowest BCUT2D eigenvalue weighted by Crippen LogP contribution is -2.60. The number of carbonyl (C=O) groups excluding carboxylic acids is 1. The molecule has 0 radical (unpaired) electrons. The number of ether oxygens (including phenoxy) is 2. The monoisotopic (exact) mass is 1010 g/mol. The summed E-state index contributed by atoms with van der Waals surface area (Å²) in [6.07, 6.45) is 65.4. The number of amides is 1. The lowest BCUT2D eigenvalue weighted by molar-refractivity contribution is -0.302. The van der Waals surface area contributed by atoms with E-state index < -0.39 is 49.5 Å². The van der Waals surface area contributed by atoms with Crippen LogP contribution in [0, 0.1) is 0 Å². The molecule has 7 atom stereocenters. The van der Waals surface area contributed by atoms with Crippen LogP contribution in [0.3, 0.4) is 0 Å². The Morgan fingerprint density at radius 2 is 0.861 bits per heavy atom. The van der Waals surface area contributed by atoms with Crippen LogP contribution in [-0.2, 0) is 14.3 Å². The number of hydrogen-bond donors (Lipinski definition) is 6. The van der Waals surface area contributed by atoms with Crippen LogP contribution in [0.2, 0.25) is 0 Å². The molecule has 1 fully saturated rings. The number of aliphatic hydroxyl groups is 5. The molecule has 1 amide bonds. The Kier molecular flexibility index (Phi) is 48.9. The molecule has 0 saturated carbocycles. The van der Waals surface area contributed by atoms with E-state index in [9.17, 15) is 30.3 Å². The van der Waals surface area contributed by atoms with Crippen molar-refractivity contribution < 1.29 is 39.8 Å². The summed E-state index contributed by atoms with van der Waals surface area (Å²) in [5.74, 6) is -0.176. The first kappa shape index (κ1) is 67.6. The molecule has 1 aliphatic rings. The van der Waals surface area contributed by atoms with Crippen molar-refractivity contribution >= 4 is 5.91 Å². The van der Waals surface area contributed by atoms with Crippen molar-refractivity contribution in [2.75, 3.05) is 13.2 Å². The zero-order valence-corrected chi connectivity index (χ0v) is 46.4. The summed E-state index contributed by atoms with van der Waals surface area (Å²) in [4.78, 5) is 13.1. The van der Waals surface area contributed by atoms with Crippen molar-refractivity contribution in [3.8, 4) is 0 Å². The summed E-state index contributed by atoms with van der Waals surface area (Å²) in [6.45, 7) is 3.68. The molecule has 0 aromatic heterocycles. The zero-order chi connectivity index (χ0) is 52.2. The average Bonchev–Trinajstić information content (AvgIpc) is 3.38. The van der Waals surface area contributed by atoms with Crippen molar-refractivity contribution in [3.05, 3.63) is 72.9 Å². The van der Waals surface area contributed by atoms with Crippen molar-refractivity contribution in [1.82, 2.24) is 5.32 Å². The van der Waals surface area contributed by atoms with E-state index in [2.05, 4.69) is 79.9 Å². The third-order valence-corrected chi connectivity index (χ3v) is 14.0. The van der Waals surface area contributed by atoms with E-state index >= 15 is 0 Å². The van der Waals surface area contributed by atoms with Crippen LogP contribution >= 0.6 is 0 Å². The second-order valence-corrected chi connectivity index (χ2v) is 20.8. The molecule has 0 aliphatic carbocycles. The number of aliphatic hydroxyl groups excluding tert-OH is 5. The minimum absolute atomic E-state index is 0.176. The van der Waals surface area contributed by atoms with Gasteiger partial charge in [-0.3, -0.25) is 4.79 Å². The second kappa shape index (κ2) is 52.1. The van der Waals surface area contributed by atoms with E-state index in [0.717, 1.165) is 70.6 Å². The van der Waals surface area contributed by atoms with Crippen molar-refractivity contribution in [2.45, 2.75) is 307 Å². The normalized spacial score (nSPS) is 19.7.